The van der Waals surface area contributed by atoms with Crippen molar-refractivity contribution in [2.45, 2.75) is 96.9 Å². The number of hydrogen-bond donors (Lipinski definition) is 3. The van der Waals surface area contributed by atoms with E-state index in [0.29, 0.717) is 19.3 Å². The molecule has 0 aliphatic rings. The molecule has 0 aliphatic heterocycles. The number of aliphatic carboxylic acids is 3. The molecule has 0 saturated carbocycles. The van der Waals surface area contributed by atoms with Crippen molar-refractivity contribution in [1.29, 1.82) is 0 Å². The van der Waals surface area contributed by atoms with E-state index in [2.05, 4.69) is 0 Å². The smallest absolute Gasteiger partial charge is 0.547 e. The summed E-state index contributed by atoms with van der Waals surface area (Å²) in [5, 5.41) is 55.3. The van der Waals surface area contributed by atoms with Crippen molar-refractivity contribution in [2.24, 2.45) is 0 Å². The molecule has 3 N–H and O–H groups in total. The van der Waals surface area contributed by atoms with Crippen LogP contribution in [0.3, 0.4) is 0 Å². The predicted octanol–water partition coefficient (Wildman–Crippen LogP) is -2.52. The van der Waals surface area contributed by atoms with Crippen molar-refractivity contribution in [3.05, 3.63) is 0 Å². The molecule has 3 unspecified atom stereocenters. The minimum absolute atomic E-state index is 0. The number of aliphatic hydroxyl groups is 3. The van der Waals surface area contributed by atoms with Gasteiger partial charge in [-0.15, -0.1) is 0 Å². The number of carboxylic acid groups (broad SMARTS) is 3. The fourth-order valence-corrected chi connectivity index (χ4v) is 1.55. The van der Waals surface area contributed by atoms with Crippen molar-refractivity contribution in [2.75, 3.05) is 0 Å². The van der Waals surface area contributed by atoms with Gasteiger partial charge in [0.15, 0.2) is 0 Å². The second-order valence-corrected chi connectivity index (χ2v) is 5.93. The summed E-state index contributed by atoms with van der Waals surface area (Å²) in [7, 11) is 0. The maximum Gasteiger partial charge on any atom is 3.00 e. The first-order valence-electron chi connectivity index (χ1n) is 9.21. The molecule has 0 fully saturated rings. The van der Waals surface area contributed by atoms with Crippen molar-refractivity contribution >= 4 is 35.3 Å². The van der Waals surface area contributed by atoms with E-state index in [1.54, 1.807) is 0 Å². The average molecular weight is 420 g/mol. The summed E-state index contributed by atoms with van der Waals surface area (Å²) in [6.45, 7) is 5.80. The van der Waals surface area contributed by atoms with E-state index in [1.165, 1.54) is 0 Å². The Morgan fingerprint density at radius 3 is 0.893 bits per heavy atom. The molecule has 10 heteroatoms. The van der Waals surface area contributed by atoms with Crippen LogP contribution in [-0.4, -0.2) is 68.9 Å². The maximum absolute atomic E-state index is 9.84. The molecule has 0 radical (unpaired) electrons. The molecular formula is C18H33AlO9. The van der Waals surface area contributed by atoms with Gasteiger partial charge in [-0.2, -0.15) is 0 Å². The second-order valence-electron chi connectivity index (χ2n) is 5.93. The van der Waals surface area contributed by atoms with Gasteiger partial charge in [-0.1, -0.05) is 59.3 Å². The number of carbonyl (C=O) groups is 3. The zero-order valence-corrected chi connectivity index (χ0v) is 18.1. The van der Waals surface area contributed by atoms with Gasteiger partial charge < -0.3 is 45.0 Å². The Kier molecular flexibility index (Phi) is 29.3. The van der Waals surface area contributed by atoms with Gasteiger partial charge in [0.05, 0.1) is 36.2 Å². The fourth-order valence-electron chi connectivity index (χ4n) is 1.55. The van der Waals surface area contributed by atoms with Gasteiger partial charge in [0, 0.05) is 0 Å². The molecule has 0 aromatic heterocycles. The molecule has 0 spiro atoms. The third-order valence-electron chi connectivity index (χ3n) is 3.31. The second kappa shape index (κ2) is 23.9. The van der Waals surface area contributed by atoms with Crippen LogP contribution in [0.2, 0.25) is 0 Å². The number of aliphatic hydroxyl groups excluding tert-OH is 3. The number of rotatable bonds is 12. The van der Waals surface area contributed by atoms with Gasteiger partial charge in [-0.25, -0.2) is 0 Å². The summed E-state index contributed by atoms with van der Waals surface area (Å²) in [4.78, 5) is 29.5. The summed E-state index contributed by atoms with van der Waals surface area (Å²) in [5.74, 6) is -4.12. The normalized spacial score (nSPS) is 12.6. The summed E-state index contributed by atoms with van der Waals surface area (Å²) >= 11 is 0. The standard InChI is InChI=1S/3C6H12O3.Al/c3*1-2-3-4-5(7)6(8)9;/h3*5,7H,2-4H2,1H3,(H,8,9);/q;;;+3/p-3. The van der Waals surface area contributed by atoms with Crippen LogP contribution in [0.1, 0.15) is 78.6 Å². The Morgan fingerprint density at radius 1 is 0.607 bits per heavy atom. The summed E-state index contributed by atoms with van der Waals surface area (Å²) < 4.78 is 0. The fraction of sp³-hybridized carbons (Fsp3) is 0.833. The minimum Gasteiger partial charge on any atom is -0.547 e. The van der Waals surface area contributed by atoms with Gasteiger partial charge in [0.1, 0.15) is 0 Å². The largest absolute Gasteiger partial charge is 3.00 e. The molecule has 3 atom stereocenters. The van der Waals surface area contributed by atoms with Gasteiger partial charge >= 0.3 is 17.4 Å². The van der Waals surface area contributed by atoms with Crippen molar-refractivity contribution in [3.8, 4) is 0 Å². The number of hydrogen-bond acceptors (Lipinski definition) is 9. The van der Waals surface area contributed by atoms with Crippen LogP contribution in [0.4, 0.5) is 0 Å². The number of carboxylic acids is 3. The average Bonchev–Trinajstić information content (AvgIpc) is 2.62. The summed E-state index contributed by atoms with van der Waals surface area (Å²) in [6, 6.07) is 0. The first kappa shape index (κ1) is 34.3. The molecule has 0 aliphatic carbocycles. The van der Waals surface area contributed by atoms with E-state index < -0.39 is 36.2 Å². The monoisotopic (exact) mass is 420 g/mol. The maximum atomic E-state index is 9.84. The molecule has 28 heavy (non-hydrogen) atoms. The third kappa shape index (κ3) is 27.0. The van der Waals surface area contributed by atoms with Crippen LogP contribution >= 0.6 is 0 Å². The SMILES string of the molecule is CCCCC(O)C(=O)[O-].CCCCC(O)C(=O)[O-].CCCCC(O)C(=O)[O-].[Al+3]. The molecule has 0 amide bonds. The Morgan fingerprint density at radius 2 is 0.786 bits per heavy atom. The predicted molar refractivity (Wildman–Crippen MR) is 97.4 cm³/mol. The van der Waals surface area contributed by atoms with E-state index in [0.717, 1.165) is 38.5 Å². The topological polar surface area (TPSA) is 181 Å². The zero-order valence-electron chi connectivity index (χ0n) is 17.0. The molecule has 0 saturated heterocycles. The van der Waals surface area contributed by atoms with E-state index >= 15 is 0 Å². The number of unbranched alkanes of at least 4 members (excludes halogenated alkanes) is 3. The molecule has 0 bridgehead atoms. The van der Waals surface area contributed by atoms with Crippen molar-refractivity contribution in [1.82, 2.24) is 0 Å². The van der Waals surface area contributed by atoms with E-state index in [9.17, 15) is 29.7 Å². The molecule has 0 aromatic carbocycles. The van der Waals surface area contributed by atoms with Gasteiger partial charge in [0.25, 0.3) is 0 Å². The van der Waals surface area contributed by atoms with Gasteiger partial charge in [-0.3, -0.25) is 0 Å². The van der Waals surface area contributed by atoms with Crippen LogP contribution < -0.4 is 15.3 Å². The first-order chi connectivity index (χ1) is 12.5. The number of carbonyl (C=O) groups excluding carboxylic acids is 3. The molecule has 0 rings (SSSR count). The Hall–Kier alpha value is -1.18. The zero-order chi connectivity index (χ0) is 21.8. The van der Waals surface area contributed by atoms with Crippen LogP contribution in [-0.2, 0) is 14.4 Å². The first-order valence-corrected chi connectivity index (χ1v) is 9.21. The Labute approximate surface area is 177 Å². The van der Waals surface area contributed by atoms with Crippen LogP contribution in [0.5, 0.6) is 0 Å². The quantitative estimate of drug-likeness (QED) is 0.287. The summed E-state index contributed by atoms with van der Waals surface area (Å²) in [6.07, 6.45) is 1.97. The van der Waals surface area contributed by atoms with Crippen LogP contribution in [0.25, 0.3) is 0 Å². The minimum atomic E-state index is -1.37. The summed E-state index contributed by atoms with van der Waals surface area (Å²) in [5.41, 5.74) is 0. The van der Waals surface area contributed by atoms with Crippen LogP contribution in [0, 0.1) is 0 Å². The van der Waals surface area contributed by atoms with Crippen LogP contribution in [0.15, 0.2) is 0 Å². The van der Waals surface area contributed by atoms with E-state index in [1.807, 2.05) is 20.8 Å². The molecule has 0 heterocycles. The molecule has 0 aromatic rings. The van der Waals surface area contributed by atoms with E-state index in [-0.39, 0.29) is 17.4 Å². The van der Waals surface area contributed by atoms with Crippen molar-refractivity contribution in [3.63, 3.8) is 0 Å². The molecular weight excluding hydrogens is 387 g/mol. The Bertz CT molecular complexity index is 334. The third-order valence-corrected chi connectivity index (χ3v) is 3.31. The van der Waals surface area contributed by atoms with Gasteiger partial charge in [0.2, 0.25) is 0 Å². The van der Waals surface area contributed by atoms with E-state index in [4.69, 9.17) is 15.3 Å². The van der Waals surface area contributed by atoms with Gasteiger partial charge in [-0.05, 0) is 19.3 Å². The molecule has 9 nitrogen and oxygen atoms in total. The Balaban J connectivity index is -0.000000152. The molecule has 162 valence electrons. The van der Waals surface area contributed by atoms with Crippen molar-refractivity contribution < 1.29 is 45.0 Å².